The van der Waals surface area contributed by atoms with E-state index in [0.717, 1.165) is 18.7 Å². The van der Waals surface area contributed by atoms with Crippen LogP contribution < -0.4 is 10.2 Å². The second-order valence-corrected chi connectivity index (χ2v) is 7.27. The summed E-state index contributed by atoms with van der Waals surface area (Å²) in [5.74, 6) is -0.596. The molecule has 0 radical (unpaired) electrons. The first-order valence-electron chi connectivity index (χ1n) is 9.93. The molecule has 6 nitrogen and oxygen atoms in total. The van der Waals surface area contributed by atoms with Gasteiger partial charge in [0.05, 0.1) is 11.4 Å². The number of halogens is 1. The van der Waals surface area contributed by atoms with Crippen molar-refractivity contribution >= 4 is 11.6 Å². The Morgan fingerprint density at radius 2 is 1.79 bits per heavy atom. The lowest BCUT2D eigenvalue weighted by Gasteiger charge is -2.30. The molecular weight excluding hydrogens is 369 g/mol. The number of benzene rings is 2. The third kappa shape index (κ3) is 4.13. The van der Waals surface area contributed by atoms with Gasteiger partial charge in [-0.1, -0.05) is 23.4 Å². The summed E-state index contributed by atoms with van der Waals surface area (Å²) in [4.78, 5) is 15.1. The summed E-state index contributed by atoms with van der Waals surface area (Å²) in [6.07, 6.45) is 3.68. The highest BCUT2D eigenvalue weighted by molar-refractivity contribution is 5.93. The van der Waals surface area contributed by atoms with Crippen LogP contribution in [0.3, 0.4) is 0 Å². The fraction of sp³-hybridized carbons (Fsp3) is 0.318. The fourth-order valence-electron chi connectivity index (χ4n) is 3.73. The van der Waals surface area contributed by atoms with Crippen LogP contribution in [0.15, 0.2) is 48.5 Å². The molecule has 1 fully saturated rings. The van der Waals surface area contributed by atoms with Gasteiger partial charge in [0.15, 0.2) is 5.69 Å². The molecule has 150 valence electrons. The summed E-state index contributed by atoms with van der Waals surface area (Å²) in [6, 6.07) is 14.1. The molecule has 0 unspecified atom stereocenters. The molecule has 1 saturated heterocycles. The molecule has 0 bridgehead atoms. The van der Waals surface area contributed by atoms with Gasteiger partial charge in [-0.3, -0.25) is 4.79 Å². The Hall–Kier alpha value is -3.22. The van der Waals surface area contributed by atoms with Crippen molar-refractivity contribution < 1.29 is 9.18 Å². The van der Waals surface area contributed by atoms with Crippen molar-refractivity contribution in [2.45, 2.75) is 32.7 Å². The highest BCUT2D eigenvalue weighted by Crippen LogP contribution is 2.24. The van der Waals surface area contributed by atoms with Gasteiger partial charge in [0.2, 0.25) is 0 Å². The topological polar surface area (TPSA) is 63.1 Å². The lowest BCUT2D eigenvalue weighted by atomic mass is 10.1. The zero-order valence-electron chi connectivity index (χ0n) is 16.4. The average Bonchev–Trinajstić information content (AvgIpc) is 3.15. The van der Waals surface area contributed by atoms with Gasteiger partial charge in [-0.15, -0.1) is 5.10 Å². The summed E-state index contributed by atoms with van der Waals surface area (Å²) in [7, 11) is 0. The smallest absolute Gasteiger partial charge is 0.274 e. The van der Waals surface area contributed by atoms with Crippen molar-refractivity contribution in [3.8, 4) is 5.69 Å². The van der Waals surface area contributed by atoms with E-state index in [-0.39, 0.29) is 17.4 Å². The van der Waals surface area contributed by atoms with Gasteiger partial charge in [-0.25, -0.2) is 9.07 Å². The van der Waals surface area contributed by atoms with Gasteiger partial charge < -0.3 is 10.2 Å². The molecule has 0 saturated carbocycles. The van der Waals surface area contributed by atoms with Crippen LogP contribution in [0.4, 0.5) is 10.1 Å². The molecule has 1 aliphatic rings. The minimum Gasteiger partial charge on any atom is -0.371 e. The molecule has 0 spiro atoms. The zero-order chi connectivity index (χ0) is 20.2. The number of carbonyl (C=O) groups is 1. The van der Waals surface area contributed by atoms with Gasteiger partial charge >= 0.3 is 0 Å². The molecule has 1 aromatic heterocycles. The van der Waals surface area contributed by atoms with E-state index < -0.39 is 0 Å². The molecule has 29 heavy (non-hydrogen) atoms. The average molecular weight is 393 g/mol. The number of piperidine rings is 1. The van der Waals surface area contributed by atoms with Crippen LogP contribution >= 0.6 is 0 Å². The number of rotatable bonds is 5. The molecule has 1 N–H and O–H groups in total. The first-order chi connectivity index (χ1) is 14.1. The quantitative estimate of drug-likeness (QED) is 0.719. The van der Waals surface area contributed by atoms with Crippen molar-refractivity contribution in [2.24, 2.45) is 0 Å². The predicted molar refractivity (Wildman–Crippen MR) is 110 cm³/mol. The van der Waals surface area contributed by atoms with Gasteiger partial charge in [0, 0.05) is 25.3 Å². The Balaban J connectivity index is 1.48. The summed E-state index contributed by atoms with van der Waals surface area (Å²) >= 11 is 0. The molecule has 1 amide bonds. The Morgan fingerprint density at radius 1 is 1.07 bits per heavy atom. The number of hydrogen-bond acceptors (Lipinski definition) is 4. The molecule has 1 aliphatic heterocycles. The van der Waals surface area contributed by atoms with Crippen LogP contribution in [0.1, 0.15) is 41.0 Å². The van der Waals surface area contributed by atoms with Crippen LogP contribution in [-0.4, -0.2) is 34.0 Å². The van der Waals surface area contributed by atoms with Crippen LogP contribution in [0.5, 0.6) is 0 Å². The monoisotopic (exact) mass is 393 g/mol. The third-order valence-electron chi connectivity index (χ3n) is 5.31. The standard InChI is InChI=1S/C22H24FN5O/c1-16-21(25-26-28(16)19-11-9-18(23)10-12-19)22(29)24-15-17-7-3-4-8-20(17)27-13-5-2-6-14-27/h3-4,7-12H,2,5-6,13-15H2,1H3,(H,24,29). The number of carbonyl (C=O) groups excluding carboxylic acids is 1. The number of amides is 1. The molecule has 0 atom stereocenters. The molecule has 4 rings (SSSR count). The van der Waals surface area contributed by atoms with Crippen molar-refractivity contribution in [1.29, 1.82) is 0 Å². The van der Waals surface area contributed by atoms with E-state index in [1.807, 2.05) is 18.2 Å². The van der Waals surface area contributed by atoms with E-state index in [9.17, 15) is 9.18 Å². The second-order valence-electron chi connectivity index (χ2n) is 7.27. The molecule has 0 aliphatic carbocycles. The number of hydrogen-bond donors (Lipinski definition) is 1. The zero-order valence-corrected chi connectivity index (χ0v) is 16.4. The normalized spacial score (nSPS) is 14.1. The first-order valence-corrected chi connectivity index (χ1v) is 9.93. The van der Waals surface area contributed by atoms with Crippen molar-refractivity contribution in [3.63, 3.8) is 0 Å². The van der Waals surface area contributed by atoms with Gasteiger partial charge in [0.25, 0.3) is 5.91 Å². The predicted octanol–water partition coefficient (Wildman–Crippen LogP) is 3.64. The number of nitrogens with one attached hydrogen (secondary N) is 1. The van der Waals surface area contributed by atoms with Crippen molar-refractivity contribution in [2.75, 3.05) is 18.0 Å². The third-order valence-corrected chi connectivity index (χ3v) is 5.31. The van der Waals surface area contributed by atoms with Crippen molar-refractivity contribution in [3.05, 3.63) is 71.3 Å². The molecule has 2 aromatic carbocycles. The fourth-order valence-corrected chi connectivity index (χ4v) is 3.73. The number of para-hydroxylation sites is 1. The summed E-state index contributed by atoms with van der Waals surface area (Å²) in [5.41, 5.74) is 3.81. The van der Waals surface area contributed by atoms with E-state index in [1.165, 1.54) is 41.8 Å². The minimum atomic E-state index is -0.322. The lowest BCUT2D eigenvalue weighted by Crippen LogP contribution is -2.31. The van der Waals surface area contributed by atoms with Crippen LogP contribution in [0.25, 0.3) is 5.69 Å². The van der Waals surface area contributed by atoms with Gasteiger partial charge in [-0.05, 0) is 62.1 Å². The molecule has 2 heterocycles. The van der Waals surface area contributed by atoms with E-state index in [4.69, 9.17) is 0 Å². The van der Waals surface area contributed by atoms with Gasteiger partial charge in [-0.2, -0.15) is 0 Å². The molecule has 3 aromatic rings. The Morgan fingerprint density at radius 3 is 2.55 bits per heavy atom. The SMILES string of the molecule is Cc1c(C(=O)NCc2ccccc2N2CCCCC2)nnn1-c1ccc(F)cc1. The Labute approximate surface area is 169 Å². The minimum absolute atomic E-state index is 0.268. The maximum absolute atomic E-state index is 13.2. The largest absolute Gasteiger partial charge is 0.371 e. The number of nitrogens with zero attached hydrogens (tertiary/aromatic N) is 4. The summed E-state index contributed by atoms with van der Waals surface area (Å²) in [6.45, 7) is 4.31. The number of aromatic nitrogens is 3. The van der Waals surface area contributed by atoms with Crippen LogP contribution in [-0.2, 0) is 6.54 Å². The van der Waals surface area contributed by atoms with Crippen LogP contribution in [0, 0.1) is 12.7 Å². The van der Waals surface area contributed by atoms with E-state index >= 15 is 0 Å². The van der Waals surface area contributed by atoms with E-state index in [0.29, 0.717) is 17.9 Å². The van der Waals surface area contributed by atoms with Crippen LogP contribution in [0.2, 0.25) is 0 Å². The Kier molecular flexibility index (Phi) is 5.55. The highest BCUT2D eigenvalue weighted by atomic mass is 19.1. The maximum Gasteiger partial charge on any atom is 0.274 e. The molecule has 7 heteroatoms. The first kappa shape index (κ1) is 19.1. The maximum atomic E-state index is 13.2. The Bertz CT molecular complexity index is 993. The van der Waals surface area contributed by atoms with Gasteiger partial charge in [0.1, 0.15) is 5.82 Å². The van der Waals surface area contributed by atoms with E-state index in [1.54, 1.807) is 19.1 Å². The second kappa shape index (κ2) is 8.43. The highest BCUT2D eigenvalue weighted by Gasteiger charge is 2.19. The lowest BCUT2D eigenvalue weighted by molar-refractivity contribution is 0.0945. The summed E-state index contributed by atoms with van der Waals surface area (Å²) in [5, 5.41) is 11.1. The van der Waals surface area contributed by atoms with Crippen molar-refractivity contribution in [1.82, 2.24) is 20.3 Å². The summed E-state index contributed by atoms with van der Waals surface area (Å²) < 4.78 is 14.7. The molecular formula is C22H24FN5O. The van der Waals surface area contributed by atoms with E-state index in [2.05, 4.69) is 26.6 Å². The number of anilines is 1.